The van der Waals surface area contributed by atoms with E-state index in [1.807, 2.05) is 34.6 Å². The van der Waals surface area contributed by atoms with Gasteiger partial charge in [-0.05, 0) is 27.2 Å². The molecule has 0 aromatic heterocycles. The molecule has 1 atom stereocenters. The molecule has 0 aliphatic rings. The fraction of sp³-hybridized carbons (Fsp3) is 0.938. The van der Waals surface area contributed by atoms with Gasteiger partial charge >= 0.3 is 6.09 Å². The van der Waals surface area contributed by atoms with Crippen molar-refractivity contribution in [2.24, 2.45) is 5.41 Å². The van der Waals surface area contributed by atoms with Crippen molar-refractivity contribution in [3.8, 4) is 0 Å². The molecule has 1 amide bonds. The Kier molecular flexibility index (Phi) is 8.90. The molecule has 0 bridgehead atoms. The number of carbonyl (C=O) groups excluding carboxylic acids is 1. The number of ether oxygens (including phenoxy) is 1. The smallest absolute Gasteiger partial charge is 0.407 e. The molecule has 0 saturated carbocycles. The van der Waals surface area contributed by atoms with Crippen LogP contribution < -0.4 is 10.6 Å². The Labute approximate surface area is 129 Å². The lowest BCUT2D eigenvalue weighted by Crippen LogP contribution is -2.46. The molecule has 0 spiro atoms. The molecule has 5 heteroatoms. The molecule has 126 valence electrons. The minimum atomic E-state index is -0.477. The van der Waals surface area contributed by atoms with Gasteiger partial charge in [0.2, 0.25) is 0 Å². The molecule has 0 saturated heterocycles. The number of aliphatic hydroxyl groups is 1. The van der Waals surface area contributed by atoms with E-state index in [1.165, 1.54) is 0 Å². The van der Waals surface area contributed by atoms with Gasteiger partial charge in [0.15, 0.2) is 0 Å². The molecule has 0 heterocycles. The highest BCUT2D eigenvalue weighted by atomic mass is 16.6. The zero-order valence-electron chi connectivity index (χ0n) is 14.6. The van der Waals surface area contributed by atoms with Gasteiger partial charge in [-0.2, -0.15) is 0 Å². The van der Waals surface area contributed by atoms with Gasteiger partial charge in [-0.25, -0.2) is 4.79 Å². The Morgan fingerprint density at radius 2 is 1.86 bits per heavy atom. The number of alkyl carbamates (subject to hydrolysis) is 1. The third kappa shape index (κ3) is 11.5. The van der Waals surface area contributed by atoms with E-state index >= 15 is 0 Å². The number of hydrogen-bond acceptors (Lipinski definition) is 4. The number of rotatable bonds is 9. The largest absolute Gasteiger partial charge is 0.444 e. The standard InChI is InChI=1S/C16H34N2O3/c1-7-8-9-13(18-11-16(5,6)12-19)10-17-14(20)21-15(2,3)4/h13,18-19H,7-12H2,1-6H3,(H,17,20). The topological polar surface area (TPSA) is 70.6 Å². The Morgan fingerprint density at radius 3 is 2.33 bits per heavy atom. The molecular weight excluding hydrogens is 268 g/mol. The first kappa shape index (κ1) is 20.2. The van der Waals surface area contributed by atoms with Crippen molar-refractivity contribution >= 4 is 6.09 Å². The number of unbranched alkanes of at least 4 members (excludes halogenated alkanes) is 1. The van der Waals surface area contributed by atoms with Crippen molar-refractivity contribution in [3.63, 3.8) is 0 Å². The van der Waals surface area contributed by atoms with Crippen LogP contribution in [0.3, 0.4) is 0 Å². The van der Waals surface area contributed by atoms with Crippen molar-refractivity contribution < 1.29 is 14.6 Å². The SMILES string of the molecule is CCCCC(CNC(=O)OC(C)(C)C)NCC(C)(C)CO. The second-order valence-electron chi connectivity index (χ2n) is 7.43. The molecule has 0 fully saturated rings. The molecule has 0 rings (SSSR count). The molecule has 0 aromatic rings. The second-order valence-corrected chi connectivity index (χ2v) is 7.43. The van der Waals surface area contributed by atoms with Crippen molar-refractivity contribution in [1.82, 2.24) is 10.6 Å². The van der Waals surface area contributed by atoms with E-state index in [4.69, 9.17) is 4.74 Å². The van der Waals surface area contributed by atoms with Gasteiger partial charge in [0, 0.05) is 31.2 Å². The summed E-state index contributed by atoms with van der Waals surface area (Å²) >= 11 is 0. The molecule has 0 radical (unpaired) electrons. The lowest BCUT2D eigenvalue weighted by atomic mass is 9.94. The number of carbonyl (C=O) groups is 1. The Hall–Kier alpha value is -0.810. The maximum atomic E-state index is 11.7. The number of amides is 1. The summed E-state index contributed by atoms with van der Waals surface area (Å²) in [5.74, 6) is 0. The van der Waals surface area contributed by atoms with E-state index in [0.717, 1.165) is 19.3 Å². The monoisotopic (exact) mass is 302 g/mol. The average Bonchev–Trinajstić information content (AvgIpc) is 2.35. The molecule has 0 aromatic carbocycles. The van der Waals surface area contributed by atoms with Gasteiger partial charge < -0.3 is 20.5 Å². The van der Waals surface area contributed by atoms with Crippen LogP contribution in [0.15, 0.2) is 0 Å². The van der Waals surface area contributed by atoms with Gasteiger partial charge in [-0.15, -0.1) is 0 Å². The van der Waals surface area contributed by atoms with Crippen molar-refractivity contribution in [2.45, 2.75) is 72.4 Å². The third-order valence-corrected chi connectivity index (χ3v) is 3.10. The Bertz CT molecular complexity index is 298. The minimum Gasteiger partial charge on any atom is -0.444 e. The van der Waals surface area contributed by atoms with Gasteiger partial charge in [0.25, 0.3) is 0 Å². The first-order valence-electron chi connectivity index (χ1n) is 7.91. The summed E-state index contributed by atoms with van der Waals surface area (Å²) in [5, 5.41) is 15.5. The van der Waals surface area contributed by atoms with Crippen molar-refractivity contribution in [1.29, 1.82) is 0 Å². The van der Waals surface area contributed by atoms with Crippen molar-refractivity contribution in [3.05, 3.63) is 0 Å². The molecule has 3 N–H and O–H groups in total. The minimum absolute atomic E-state index is 0.139. The maximum Gasteiger partial charge on any atom is 0.407 e. The van der Waals surface area contributed by atoms with Gasteiger partial charge in [-0.1, -0.05) is 33.6 Å². The van der Waals surface area contributed by atoms with E-state index in [2.05, 4.69) is 17.6 Å². The van der Waals surface area contributed by atoms with Gasteiger partial charge in [0.05, 0.1) is 0 Å². The molecule has 0 aliphatic carbocycles. The number of nitrogens with one attached hydrogen (secondary N) is 2. The number of hydrogen-bond donors (Lipinski definition) is 3. The summed E-state index contributed by atoms with van der Waals surface area (Å²) in [6, 6.07) is 0.197. The summed E-state index contributed by atoms with van der Waals surface area (Å²) in [6.45, 7) is 13.1. The normalized spacial score (nSPS) is 13.9. The van der Waals surface area contributed by atoms with Crippen molar-refractivity contribution in [2.75, 3.05) is 19.7 Å². The van der Waals surface area contributed by atoms with E-state index in [9.17, 15) is 9.90 Å². The Balaban J connectivity index is 4.26. The summed E-state index contributed by atoms with van der Waals surface area (Å²) in [6.07, 6.45) is 2.84. The van der Waals surface area contributed by atoms with Crippen LogP contribution in [0.1, 0.15) is 60.8 Å². The highest BCUT2D eigenvalue weighted by molar-refractivity contribution is 5.67. The molecular formula is C16H34N2O3. The zero-order valence-corrected chi connectivity index (χ0v) is 14.6. The number of aliphatic hydroxyl groups excluding tert-OH is 1. The van der Waals surface area contributed by atoms with Crippen LogP contribution in [0.2, 0.25) is 0 Å². The van der Waals surface area contributed by atoms with E-state index in [-0.39, 0.29) is 24.2 Å². The van der Waals surface area contributed by atoms with E-state index < -0.39 is 5.60 Å². The maximum absolute atomic E-state index is 11.7. The predicted molar refractivity (Wildman–Crippen MR) is 86.4 cm³/mol. The van der Waals surface area contributed by atoms with Crippen LogP contribution in [-0.2, 0) is 4.74 Å². The fourth-order valence-electron chi connectivity index (χ4n) is 1.72. The van der Waals surface area contributed by atoms with Crippen LogP contribution >= 0.6 is 0 Å². The average molecular weight is 302 g/mol. The lowest BCUT2D eigenvalue weighted by molar-refractivity contribution is 0.0520. The van der Waals surface area contributed by atoms with Crippen LogP contribution in [0.25, 0.3) is 0 Å². The van der Waals surface area contributed by atoms with Crippen LogP contribution in [0.4, 0.5) is 4.79 Å². The molecule has 5 nitrogen and oxygen atoms in total. The molecule has 21 heavy (non-hydrogen) atoms. The predicted octanol–water partition coefficient (Wildman–Crippen LogP) is 2.68. The van der Waals surface area contributed by atoms with Crippen LogP contribution in [0.5, 0.6) is 0 Å². The quantitative estimate of drug-likeness (QED) is 0.612. The Morgan fingerprint density at radius 1 is 1.24 bits per heavy atom. The van der Waals surface area contributed by atoms with Crippen LogP contribution in [-0.4, -0.2) is 42.5 Å². The highest BCUT2D eigenvalue weighted by Gasteiger charge is 2.20. The van der Waals surface area contributed by atoms with Gasteiger partial charge in [-0.3, -0.25) is 0 Å². The highest BCUT2D eigenvalue weighted by Crippen LogP contribution is 2.12. The van der Waals surface area contributed by atoms with E-state index in [0.29, 0.717) is 13.1 Å². The fourth-order valence-corrected chi connectivity index (χ4v) is 1.72. The summed E-state index contributed by atoms with van der Waals surface area (Å²) < 4.78 is 5.24. The molecule has 1 unspecified atom stereocenters. The first-order chi connectivity index (χ1) is 9.59. The van der Waals surface area contributed by atoms with Crippen LogP contribution in [0, 0.1) is 5.41 Å². The van der Waals surface area contributed by atoms with E-state index in [1.54, 1.807) is 0 Å². The summed E-state index contributed by atoms with van der Waals surface area (Å²) in [4.78, 5) is 11.7. The second kappa shape index (κ2) is 9.26. The lowest BCUT2D eigenvalue weighted by Gasteiger charge is -2.27. The third-order valence-electron chi connectivity index (χ3n) is 3.10. The summed E-state index contributed by atoms with van der Waals surface area (Å²) in [7, 11) is 0. The first-order valence-corrected chi connectivity index (χ1v) is 7.91. The van der Waals surface area contributed by atoms with Gasteiger partial charge in [0.1, 0.15) is 5.60 Å². The summed E-state index contributed by atoms with van der Waals surface area (Å²) in [5.41, 5.74) is -0.633. The molecule has 0 aliphatic heterocycles. The zero-order chi connectivity index (χ0) is 16.5.